The molecule has 84 valence electrons. The predicted molar refractivity (Wildman–Crippen MR) is 58.3 cm³/mol. The van der Waals surface area contributed by atoms with Crippen molar-refractivity contribution in [3.63, 3.8) is 0 Å². The van der Waals surface area contributed by atoms with Crippen molar-refractivity contribution in [1.82, 2.24) is 0 Å². The fourth-order valence-corrected chi connectivity index (χ4v) is 1.15. The summed E-state index contributed by atoms with van der Waals surface area (Å²) in [7, 11) is 0. The Balaban J connectivity index is 3.14. The van der Waals surface area contributed by atoms with Crippen molar-refractivity contribution in [3.05, 3.63) is 45.5 Å². The molecule has 0 aliphatic rings. The minimum absolute atomic E-state index is 0.123. The summed E-state index contributed by atoms with van der Waals surface area (Å²) in [5.41, 5.74) is 0.0977. The third-order valence-corrected chi connectivity index (χ3v) is 1.95. The minimum Gasteiger partial charge on any atom is -0.373 e. The maximum atomic E-state index is 10.5. The number of nitrogens with zero attached hydrogens (tertiary/aromatic N) is 3. The van der Waals surface area contributed by atoms with Crippen LogP contribution >= 0.6 is 0 Å². The smallest absolute Gasteiger partial charge is 0.270 e. The molecule has 0 bridgehead atoms. The lowest BCUT2D eigenvalue weighted by molar-refractivity contribution is -0.384. The summed E-state index contributed by atoms with van der Waals surface area (Å²) in [6, 6.07) is 8.73. The third-order valence-electron chi connectivity index (χ3n) is 1.95. The van der Waals surface area contributed by atoms with Crippen molar-refractivity contribution >= 4 is 11.8 Å². The summed E-state index contributed by atoms with van der Waals surface area (Å²) in [6.07, 6.45) is -0.291. The molecule has 0 aromatic heterocycles. The second-order valence-corrected chi connectivity index (χ2v) is 3.10. The quantitative estimate of drug-likeness (QED) is 0.364. The van der Waals surface area contributed by atoms with Gasteiger partial charge in [-0.3, -0.25) is 10.1 Å². The molecule has 0 amide bonds. The van der Waals surface area contributed by atoms with E-state index < -0.39 is 11.0 Å². The summed E-state index contributed by atoms with van der Waals surface area (Å²) in [6.45, 7) is 0. The van der Waals surface area contributed by atoms with Crippen molar-refractivity contribution in [1.29, 1.82) is 10.5 Å². The van der Waals surface area contributed by atoms with Crippen LogP contribution < -0.4 is 0 Å². The molecule has 0 saturated carbocycles. The monoisotopic (exact) mass is 229 g/mol. The maximum absolute atomic E-state index is 10.5. The van der Waals surface area contributed by atoms with Crippen LogP contribution in [0.2, 0.25) is 0 Å². The first kappa shape index (κ1) is 12.4. The van der Waals surface area contributed by atoms with Crippen LogP contribution in [0, 0.1) is 32.8 Å². The van der Waals surface area contributed by atoms with Gasteiger partial charge in [-0.25, -0.2) is 0 Å². The number of rotatable bonds is 3. The normalized spacial score (nSPS) is 12.3. The van der Waals surface area contributed by atoms with Crippen LogP contribution in [0.1, 0.15) is 5.56 Å². The summed E-state index contributed by atoms with van der Waals surface area (Å²) in [5.74, 6) is 0. The highest BCUT2D eigenvalue weighted by Gasteiger charge is 2.10. The molecule has 1 aromatic rings. The predicted octanol–water partition coefficient (Wildman–Crippen LogP) is 1.39. The van der Waals surface area contributed by atoms with E-state index in [1.807, 2.05) is 0 Å². The second kappa shape index (κ2) is 5.40. The largest absolute Gasteiger partial charge is 0.373 e. The van der Waals surface area contributed by atoms with Crippen molar-refractivity contribution < 1.29 is 10.0 Å². The molecule has 0 radical (unpaired) electrons. The number of non-ortho nitro benzene ring substituents is 1. The fraction of sp³-hybridized carbons (Fsp3) is 0.0909. The average molecular weight is 229 g/mol. The summed E-state index contributed by atoms with van der Waals surface area (Å²) in [5, 5.41) is 36.8. The van der Waals surface area contributed by atoms with Gasteiger partial charge in [-0.05, 0) is 11.6 Å². The zero-order valence-corrected chi connectivity index (χ0v) is 8.57. The van der Waals surface area contributed by atoms with E-state index in [1.54, 1.807) is 6.07 Å². The number of hydrogen-bond donors (Lipinski definition) is 1. The van der Waals surface area contributed by atoms with Crippen LogP contribution in [0.5, 0.6) is 0 Å². The van der Waals surface area contributed by atoms with Gasteiger partial charge in [0.15, 0.2) is 6.10 Å². The topological polar surface area (TPSA) is 111 Å². The highest BCUT2D eigenvalue weighted by molar-refractivity contribution is 5.61. The SMILES string of the molecule is N#C/C(=C\c1cccc([N+](=O)[O-])c1)C(O)C#N. The molecule has 1 rings (SSSR count). The van der Waals surface area contributed by atoms with Crippen molar-refractivity contribution in [2.24, 2.45) is 0 Å². The van der Waals surface area contributed by atoms with Crippen molar-refractivity contribution in [3.8, 4) is 12.1 Å². The van der Waals surface area contributed by atoms with Gasteiger partial charge in [-0.1, -0.05) is 12.1 Å². The van der Waals surface area contributed by atoms with E-state index in [1.165, 1.54) is 36.4 Å². The Morgan fingerprint density at radius 1 is 1.53 bits per heavy atom. The maximum Gasteiger partial charge on any atom is 0.270 e. The third kappa shape index (κ3) is 3.13. The van der Waals surface area contributed by atoms with Gasteiger partial charge >= 0.3 is 0 Å². The van der Waals surface area contributed by atoms with E-state index in [4.69, 9.17) is 10.5 Å². The van der Waals surface area contributed by atoms with E-state index in [0.29, 0.717) is 5.56 Å². The first-order valence-electron chi connectivity index (χ1n) is 4.52. The summed E-state index contributed by atoms with van der Waals surface area (Å²) in [4.78, 5) is 9.95. The Morgan fingerprint density at radius 2 is 2.24 bits per heavy atom. The Kier molecular flexibility index (Phi) is 3.93. The molecule has 6 heteroatoms. The zero-order chi connectivity index (χ0) is 12.8. The highest BCUT2D eigenvalue weighted by Crippen LogP contribution is 2.16. The first-order valence-corrected chi connectivity index (χ1v) is 4.52. The van der Waals surface area contributed by atoms with Gasteiger partial charge in [0, 0.05) is 12.1 Å². The van der Waals surface area contributed by atoms with Crippen LogP contribution in [-0.2, 0) is 0 Å². The Labute approximate surface area is 96.8 Å². The Morgan fingerprint density at radius 3 is 2.76 bits per heavy atom. The van der Waals surface area contributed by atoms with E-state index in [2.05, 4.69) is 0 Å². The van der Waals surface area contributed by atoms with Gasteiger partial charge in [0.1, 0.15) is 0 Å². The van der Waals surface area contributed by atoms with E-state index in [-0.39, 0.29) is 11.3 Å². The summed E-state index contributed by atoms with van der Waals surface area (Å²) >= 11 is 0. The lowest BCUT2D eigenvalue weighted by atomic mass is 10.1. The number of hydrogen-bond acceptors (Lipinski definition) is 5. The van der Waals surface area contributed by atoms with E-state index in [0.717, 1.165) is 0 Å². The Hall–Kier alpha value is -2.70. The lowest BCUT2D eigenvalue weighted by Gasteiger charge is -1.99. The van der Waals surface area contributed by atoms with Crippen molar-refractivity contribution in [2.75, 3.05) is 0 Å². The molecule has 0 aliphatic heterocycles. The van der Waals surface area contributed by atoms with Crippen LogP contribution in [0.4, 0.5) is 5.69 Å². The second-order valence-electron chi connectivity index (χ2n) is 3.10. The zero-order valence-electron chi connectivity index (χ0n) is 8.57. The molecule has 0 aliphatic carbocycles. The van der Waals surface area contributed by atoms with Crippen LogP contribution in [0.3, 0.4) is 0 Å². The lowest BCUT2D eigenvalue weighted by Crippen LogP contribution is -2.04. The molecule has 6 nitrogen and oxygen atoms in total. The van der Waals surface area contributed by atoms with Crippen LogP contribution in [0.15, 0.2) is 29.8 Å². The number of aliphatic hydroxyl groups is 1. The number of benzene rings is 1. The molecule has 0 heterocycles. The highest BCUT2D eigenvalue weighted by atomic mass is 16.6. The number of nitro benzene ring substituents is 1. The average Bonchev–Trinajstić information content (AvgIpc) is 2.35. The molecule has 0 spiro atoms. The van der Waals surface area contributed by atoms with Crippen LogP contribution in [-0.4, -0.2) is 16.1 Å². The standard InChI is InChI=1S/C11H7N3O3/c12-6-9(11(15)7-13)4-8-2-1-3-10(5-8)14(16)17/h1-5,11,15H/b9-4+. The Bertz CT molecular complexity index is 552. The molecule has 0 fully saturated rings. The molecular formula is C11H7N3O3. The van der Waals surface area contributed by atoms with Crippen LogP contribution in [0.25, 0.3) is 6.08 Å². The van der Waals surface area contributed by atoms with Gasteiger partial charge in [-0.15, -0.1) is 0 Å². The molecule has 0 saturated heterocycles. The fourth-order valence-electron chi connectivity index (χ4n) is 1.15. The molecular weight excluding hydrogens is 222 g/mol. The molecule has 1 aromatic carbocycles. The number of aliphatic hydroxyl groups excluding tert-OH is 1. The number of nitriles is 2. The molecule has 17 heavy (non-hydrogen) atoms. The van der Waals surface area contributed by atoms with Gasteiger partial charge in [0.2, 0.25) is 0 Å². The molecule has 1 atom stereocenters. The van der Waals surface area contributed by atoms with Gasteiger partial charge < -0.3 is 5.11 Å². The minimum atomic E-state index is -1.53. The van der Waals surface area contributed by atoms with Gasteiger partial charge in [0.05, 0.1) is 22.6 Å². The summed E-state index contributed by atoms with van der Waals surface area (Å²) < 4.78 is 0. The molecule has 1 N–H and O–H groups in total. The first-order chi connectivity index (χ1) is 8.08. The van der Waals surface area contributed by atoms with E-state index >= 15 is 0 Å². The van der Waals surface area contributed by atoms with E-state index in [9.17, 15) is 15.2 Å². The van der Waals surface area contributed by atoms with Gasteiger partial charge in [0.25, 0.3) is 5.69 Å². The van der Waals surface area contributed by atoms with Gasteiger partial charge in [-0.2, -0.15) is 10.5 Å². The molecule has 1 unspecified atom stereocenters. The number of nitro groups is 1. The van der Waals surface area contributed by atoms with Crippen molar-refractivity contribution in [2.45, 2.75) is 6.10 Å².